The minimum atomic E-state index is -4.87. The van der Waals surface area contributed by atoms with Crippen LogP contribution in [0.4, 0.5) is 5.82 Å². The van der Waals surface area contributed by atoms with Crippen LogP contribution in [0, 0.1) is 0 Å². The Balaban J connectivity index is 1.59. The summed E-state index contributed by atoms with van der Waals surface area (Å²) in [6.45, 7) is -0.776. The van der Waals surface area contributed by atoms with Gasteiger partial charge in [0.25, 0.3) is 0 Å². The molecule has 1 fully saturated rings. The number of nitrogens with zero attached hydrogens (tertiary/aromatic N) is 4. The van der Waals surface area contributed by atoms with Gasteiger partial charge in [-0.05, 0) is 17.2 Å². The lowest BCUT2D eigenvalue weighted by atomic mass is 10.1. The number of nitrogens with two attached hydrogens (primary N) is 1. The van der Waals surface area contributed by atoms with Gasteiger partial charge in [0.2, 0.25) is 11.2 Å². The number of carbonyl (C=O) groups is 1. The maximum Gasteiger partial charge on any atom is 0.340 e. The normalized spacial score (nSPS) is 24.3. The Kier molecular flexibility index (Phi) is 8.21. The summed E-state index contributed by atoms with van der Waals surface area (Å²) in [5.41, 5.74) is 6.16. The van der Waals surface area contributed by atoms with E-state index in [1.54, 1.807) is 30.3 Å². The van der Waals surface area contributed by atoms with E-state index in [9.17, 15) is 29.0 Å². The van der Waals surface area contributed by atoms with Crippen LogP contribution in [0.25, 0.3) is 11.0 Å². The highest BCUT2D eigenvalue weighted by Gasteiger charge is 2.46. The molecular weight excluding hydrogens is 570 g/mol. The summed E-state index contributed by atoms with van der Waals surface area (Å²) < 4.78 is 34.3. The van der Waals surface area contributed by atoms with Crippen LogP contribution in [0.1, 0.15) is 17.8 Å². The number of rotatable bonds is 10. The van der Waals surface area contributed by atoms with Crippen molar-refractivity contribution in [2.24, 2.45) is 5.73 Å². The molecule has 38 heavy (non-hydrogen) atoms. The van der Waals surface area contributed by atoms with E-state index < -0.39 is 64.2 Å². The molecule has 8 N–H and O–H groups in total. The lowest BCUT2D eigenvalue weighted by Gasteiger charge is -2.18. The number of ether oxygens (including phenoxy) is 1. The van der Waals surface area contributed by atoms with Crippen molar-refractivity contribution >= 4 is 49.6 Å². The highest BCUT2D eigenvalue weighted by Crippen LogP contribution is 2.55. The summed E-state index contributed by atoms with van der Waals surface area (Å²) in [4.78, 5) is 47.9. The van der Waals surface area contributed by atoms with Crippen LogP contribution >= 0.6 is 26.8 Å². The summed E-state index contributed by atoms with van der Waals surface area (Å²) in [7, 11) is -9.60. The third-order valence-electron chi connectivity index (χ3n) is 5.51. The Morgan fingerprint density at radius 2 is 1.87 bits per heavy atom. The van der Waals surface area contributed by atoms with Gasteiger partial charge in [0, 0.05) is 0 Å². The van der Waals surface area contributed by atoms with E-state index in [0.717, 1.165) is 4.68 Å². The van der Waals surface area contributed by atoms with Crippen LogP contribution in [0.3, 0.4) is 0 Å². The molecule has 206 valence electrons. The summed E-state index contributed by atoms with van der Waals surface area (Å²) in [6, 6.07) is 7.58. The first kappa shape index (κ1) is 28.5. The van der Waals surface area contributed by atoms with E-state index in [2.05, 4.69) is 20.4 Å². The molecule has 1 amide bonds. The highest BCUT2D eigenvalue weighted by molar-refractivity contribution is 7.70. The summed E-state index contributed by atoms with van der Waals surface area (Å²) in [5.74, 6) is -2.05. The second kappa shape index (κ2) is 10.9. The molecule has 6 atom stereocenters. The zero-order chi connectivity index (χ0) is 27.8. The molecule has 0 aliphatic carbocycles. The van der Waals surface area contributed by atoms with Crippen molar-refractivity contribution in [3.05, 3.63) is 47.4 Å². The van der Waals surface area contributed by atoms with Crippen molar-refractivity contribution in [3.8, 4) is 0 Å². The van der Waals surface area contributed by atoms with Crippen LogP contribution in [0.2, 0.25) is 5.28 Å². The van der Waals surface area contributed by atoms with Gasteiger partial charge in [0.05, 0.1) is 18.2 Å². The molecule has 1 aromatic carbocycles. The Bertz CT molecular complexity index is 1420. The van der Waals surface area contributed by atoms with Crippen LogP contribution in [0.15, 0.2) is 36.5 Å². The number of primary amides is 1. The molecule has 0 spiro atoms. The molecule has 1 aliphatic rings. The fourth-order valence-electron chi connectivity index (χ4n) is 3.83. The predicted molar refractivity (Wildman–Crippen MR) is 131 cm³/mol. The maximum atomic E-state index is 12.2. The van der Waals surface area contributed by atoms with E-state index in [1.165, 1.54) is 6.20 Å². The van der Waals surface area contributed by atoms with Gasteiger partial charge in [-0.25, -0.2) is 4.68 Å². The van der Waals surface area contributed by atoms with Gasteiger partial charge in [0.1, 0.15) is 30.2 Å². The molecule has 1 aliphatic heterocycles. The van der Waals surface area contributed by atoms with Crippen molar-refractivity contribution in [2.75, 3.05) is 17.8 Å². The monoisotopic (exact) mass is 592 g/mol. The van der Waals surface area contributed by atoms with Crippen molar-refractivity contribution in [1.82, 2.24) is 19.7 Å². The molecule has 3 heterocycles. The average molecular weight is 593 g/mol. The van der Waals surface area contributed by atoms with Crippen LogP contribution in [-0.4, -0.2) is 81.4 Å². The van der Waals surface area contributed by atoms with Gasteiger partial charge in [-0.2, -0.15) is 15.1 Å². The molecule has 1 saturated heterocycles. The summed E-state index contributed by atoms with van der Waals surface area (Å²) in [6.07, 6.45) is -4.72. The lowest BCUT2D eigenvalue weighted by molar-refractivity contribution is -0.118. The lowest BCUT2D eigenvalue weighted by Crippen LogP contribution is -2.33. The van der Waals surface area contributed by atoms with Crippen molar-refractivity contribution in [2.45, 2.75) is 30.6 Å². The van der Waals surface area contributed by atoms with Crippen molar-refractivity contribution in [1.29, 1.82) is 0 Å². The molecule has 0 radical (unpaired) electrons. The van der Waals surface area contributed by atoms with Crippen LogP contribution < -0.4 is 11.1 Å². The number of hydrogen-bond acceptors (Lipinski definition) is 11. The topological polar surface area (TPSA) is 252 Å². The zero-order valence-corrected chi connectivity index (χ0v) is 21.7. The third kappa shape index (κ3) is 6.38. The van der Waals surface area contributed by atoms with E-state index in [-0.39, 0.29) is 22.1 Å². The van der Waals surface area contributed by atoms with Crippen molar-refractivity contribution < 1.29 is 48.1 Å². The van der Waals surface area contributed by atoms with E-state index in [4.69, 9.17) is 36.4 Å². The number of carbonyl (C=O) groups excluding carboxylic acids is 1. The highest BCUT2D eigenvalue weighted by atomic mass is 35.5. The summed E-state index contributed by atoms with van der Waals surface area (Å²) in [5, 5.41) is 28.0. The summed E-state index contributed by atoms with van der Waals surface area (Å²) >= 11 is 6.10. The fourth-order valence-corrected chi connectivity index (χ4v) is 6.56. The number of fused-ring (bicyclic) bond motifs is 1. The van der Waals surface area contributed by atoms with E-state index in [0.29, 0.717) is 5.56 Å². The minimum absolute atomic E-state index is 0.0379. The molecule has 2 aromatic heterocycles. The maximum absolute atomic E-state index is 12.2. The number of amides is 1. The Hall–Kier alpha value is -2.49. The third-order valence-corrected chi connectivity index (χ3v) is 9.13. The Morgan fingerprint density at radius 1 is 1.18 bits per heavy atom. The number of nitrogens with one attached hydrogen (secondary N) is 1. The number of aliphatic hydroxyl groups is 2. The predicted octanol–water partition coefficient (Wildman–Crippen LogP) is 0.0746. The fraction of sp³-hybridized carbons (Fsp3) is 0.368. The SMILES string of the molecule is NC(=O)[C@@H](Nc1nc(Cl)nc2c1cnn2[C@@H]1O[C@H](COP(=O)(O)CP(=O)(O)O)[C@@H](O)[C@H]1O)c1ccccc1. The number of aliphatic hydroxyl groups excluding tert-OH is 2. The molecule has 16 nitrogen and oxygen atoms in total. The van der Waals surface area contributed by atoms with Gasteiger partial charge in [-0.3, -0.25) is 13.9 Å². The number of hydrogen-bond donors (Lipinski definition) is 7. The first-order valence-electron chi connectivity index (χ1n) is 10.8. The number of benzene rings is 1. The Labute approximate surface area is 219 Å². The van der Waals surface area contributed by atoms with Gasteiger partial charge in [-0.15, -0.1) is 0 Å². The molecule has 4 rings (SSSR count). The van der Waals surface area contributed by atoms with E-state index >= 15 is 0 Å². The van der Waals surface area contributed by atoms with Gasteiger partial charge < -0.3 is 45.2 Å². The molecule has 0 saturated carbocycles. The van der Waals surface area contributed by atoms with Crippen LogP contribution in [0.5, 0.6) is 0 Å². The molecular formula is C19H23ClN6O10P2. The molecule has 19 heteroatoms. The van der Waals surface area contributed by atoms with Gasteiger partial charge in [-0.1, -0.05) is 30.3 Å². The average Bonchev–Trinajstić information content (AvgIpc) is 3.35. The number of aromatic nitrogens is 4. The van der Waals surface area contributed by atoms with Crippen LogP contribution in [-0.2, 0) is 23.2 Å². The number of halogens is 1. The van der Waals surface area contributed by atoms with E-state index in [1.807, 2.05) is 0 Å². The zero-order valence-electron chi connectivity index (χ0n) is 19.2. The van der Waals surface area contributed by atoms with Crippen molar-refractivity contribution in [3.63, 3.8) is 0 Å². The first-order valence-corrected chi connectivity index (χ1v) is 14.7. The Morgan fingerprint density at radius 3 is 2.50 bits per heavy atom. The van der Waals surface area contributed by atoms with Gasteiger partial charge >= 0.3 is 15.2 Å². The smallest absolute Gasteiger partial charge is 0.340 e. The molecule has 3 aromatic rings. The molecule has 0 bridgehead atoms. The van der Waals surface area contributed by atoms with Gasteiger partial charge in [0.15, 0.2) is 17.8 Å². The standard InChI is InChI=1S/C19H23ClN6O10P2/c20-19-24-16(23-12(15(21)29)9-4-2-1-3-5-9)10-6-22-26(17(10)25-19)18-14(28)13(27)11(36-18)7-35-38(33,34)8-37(30,31)32/h1-6,11-14,18,27-28H,7-8H2,(H2,21,29)(H,33,34)(H,23,24,25)(H2,30,31,32)/t11-,12+,13-,14-,18-/m1/s1. The molecule has 1 unspecified atom stereocenters. The second-order valence-corrected chi connectivity index (χ2v) is 12.7. The minimum Gasteiger partial charge on any atom is -0.387 e. The first-order chi connectivity index (χ1) is 17.8. The quantitative estimate of drug-likeness (QED) is 0.121. The largest absolute Gasteiger partial charge is 0.387 e. The number of anilines is 1. The second-order valence-electron chi connectivity index (χ2n) is 8.34.